The van der Waals surface area contributed by atoms with E-state index in [-0.39, 0.29) is 5.91 Å². The molecular formula is C18H21NO3S. The minimum Gasteiger partial charge on any atom is -0.352 e. The maximum atomic E-state index is 12.0. The van der Waals surface area contributed by atoms with E-state index in [0.29, 0.717) is 23.4 Å². The lowest BCUT2D eigenvalue weighted by Crippen LogP contribution is -2.24. The smallest absolute Gasteiger partial charge is 0.224 e. The van der Waals surface area contributed by atoms with Crippen molar-refractivity contribution < 1.29 is 13.2 Å². The van der Waals surface area contributed by atoms with Crippen LogP contribution in [0.5, 0.6) is 0 Å². The Balaban J connectivity index is 2.00. The zero-order valence-corrected chi connectivity index (χ0v) is 14.4. The molecule has 2 aromatic rings. The Morgan fingerprint density at radius 2 is 1.74 bits per heavy atom. The minimum atomic E-state index is -3.21. The highest BCUT2D eigenvalue weighted by Crippen LogP contribution is 2.16. The minimum absolute atomic E-state index is 0.0517. The third-order valence-electron chi connectivity index (χ3n) is 3.74. The summed E-state index contributed by atoms with van der Waals surface area (Å²) in [4.78, 5) is 12.4. The van der Waals surface area contributed by atoms with Crippen LogP contribution in [0.4, 0.5) is 0 Å². The fourth-order valence-corrected chi connectivity index (χ4v) is 3.44. The standard InChI is InChI=1S/C18H21NO3S/c1-13-6-4-5-7-16(13)11-18(20)19-12-15-8-9-17(14(2)10-15)23(3,21)22/h4-10H,11-12H2,1-3H3,(H,19,20). The molecule has 122 valence electrons. The number of nitrogens with one attached hydrogen (secondary N) is 1. The average Bonchev–Trinajstić information content (AvgIpc) is 2.46. The number of hydrogen-bond donors (Lipinski definition) is 1. The molecule has 0 aliphatic rings. The molecule has 0 heterocycles. The van der Waals surface area contributed by atoms with Crippen molar-refractivity contribution in [2.45, 2.75) is 31.7 Å². The maximum absolute atomic E-state index is 12.0. The van der Waals surface area contributed by atoms with Crippen molar-refractivity contribution in [1.82, 2.24) is 5.32 Å². The van der Waals surface area contributed by atoms with Crippen molar-refractivity contribution in [3.8, 4) is 0 Å². The highest BCUT2D eigenvalue weighted by Gasteiger charge is 2.11. The van der Waals surface area contributed by atoms with Crippen molar-refractivity contribution in [3.63, 3.8) is 0 Å². The van der Waals surface area contributed by atoms with Gasteiger partial charge in [-0.25, -0.2) is 8.42 Å². The van der Waals surface area contributed by atoms with E-state index in [2.05, 4.69) is 5.32 Å². The van der Waals surface area contributed by atoms with E-state index in [1.54, 1.807) is 25.1 Å². The largest absolute Gasteiger partial charge is 0.352 e. The first kappa shape index (κ1) is 17.2. The molecule has 0 radical (unpaired) electrons. The molecule has 0 saturated carbocycles. The van der Waals surface area contributed by atoms with Gasteiger partial charge in [-0.15, -0.1) is 0 Å². The van der Waals surface area contributed by atoms with Crippen LogP contribution in [0.15, 0.2) is 47.4 Å². The third kappa shape index (κ3) is 4.66. The topological polar surface area (TPSA) is 63.2 Å². The lowest BCUT2D eigenvalue weighted by atomic mass is 10.1. The predicted octanol–water partition coefficient (Wildman–Crippen LogP) is 2.57. The van der Waals surface area contributed by atoms with Crippen LogP contribution in [0, 0.1) is 13.8 Å². The van der Waals surface area contributed by atoms with Crippen LogP contribution >= 0.6 is 0 Å². The molecule has 0 saturated heterocycles. The van der Waals surface area contributed by atoms with Crippen LogP contribution in [-0.2, 0) is 27.6 Å². The summed E-state index contributed by atoms with van der Waals surface area (Å²) in [5.41, 5.74) is 3.68. The maximum Gasteiger partial charge on any atom is 0.224 e. The van der Waals surface area contributed by atoms with Crippen LogP contribution in [0.3, 0.4) is 0 Å². The molecule has 0 aliphatic carbocycles. The SMILES string of the molecule is Cc1ccccc1CC(=O)NCc1ccc(S(C)(=O)=O)c(C)c1. The molecule has 2 aromatic carbocycles. The van der Waals surface area contributed by atoms with Crippen molar-refractivity contribution in [2.24, 2.45) is 0 Å². The highest BCUT2D eigenvalue weighted by molar-refractivity contribution is 7.90. The number of benzene rings is 2. The van der Waals surface area contributed by atoms with Gasteiger partial charge in [0, 0.05) is 12.8 Å². The lowest BCUT2D eigenvalue weighted by molar-refractivity contribution is -0.120. The Bertz CT molecular complexity index is 826. The number of sulfone groups is 1. The quantitative estimate of drug-likeness (QED) is 0.916. The van der Waals surface area contributed by atoms with Gasteiger partial charge in [0.1, 0.15) is 0 Å². The summed E-state index contributed by atoms with van der Waals surface area (Å²) in [6.07, 6.45) is 1.53. The summed E-state index contributed by atoms with van der Waals surface area (Å²) in [7, 11) is -3.21. The number of amides is 1. The molecule has 2 rings (SSSR count). The van der Waals surface area contributed by atoms with Crippen molar-refractivity contribution in [2.75, 3.05) is 6.26 Å². The molecule has 0 spiro atoms. The van der Waals surface area contributed by atoms with Crippen molar-refractivity contribution >= 4 is 15.7 Å². The fourth-order valence-electron chi connectivity index (χ4n) is 2.48. The zero-order chi connectivity index (χ0) is 17.0. The van der Waals surface area contributed by atoms with Crippen LogP contribution < -0.4 is 5.32 Å². The second-order valence-corrected chi connectivity index (χ2v) is 7.74. The van der Waals surface area contributed by atoms with Gasteiger partial charge in [0.2, 0.25) is 5.91 Å². The normalized spacial score (nSPS) is 11.3. The molecule has 23 heavy (non-hydrogen) atoms. The summed E-state index contributed by atoms with van der Waals surface area (Å²) in [5.74, 6) is -0.0517. The Labute approximate surface area is 137 Å². The van der Waals surface area contributed by atoms with Crippen LogP contribution in [0.1, 0.15) is 22.3 Å². The van der Waals surface area contributed by atoms with Gasteiger partial charge in [0.05, 0.1) is 11.3 Å². The first-order valence-corrected chi connectivity index (χ1v) is 9.27. The highest BCUT2D eigenvalue weighted by atomic mass is 32.2. The summed E-state index contributed by atoms with van der Waals surface area (Å²) < 4.78 is 23.2. The number of hydrogen-bond acceptors (Lipinski definition) is 3. The first-order valence-electron chi connectivity index (χ1n) is 7.38. The van der Waals surface area contributed by atoms with Gasteiger partial charge >= 0.3 is 0 Å². The lowest BCUT2D eigenvalue weighted by Gasteiger charge is -2.09. The van der Waals surface area contributed by atoms with Crippen molar-refractivity contribution in [1.29, 1.82) is 0 Å². The second-order valence-electron chi connectivity index (χ2n) is 5.75. The molecule has 0 aliphatic heterocycles. The first-order chi connectivity index (χ1) is 10.8. The summed E-state index contributed by atoms with van der Waals surface area (Å²) in [5, 5.41) is 2.87. The fraction of sp³-hybridized carbons (Fsp3) is 0.278. The van der Waals surface area contributed by atoms with Crippen LogP contribution in [0.2, 0.25) is 0 Å². The molecule has 0 unspecified atom stereocenters. The summed E-state index contributed by atoms with van der Waals surface area (Å²) >= 11 is 0. The van der Waals surface area contributed by atoms with E-state index in [9.17, 15) is 13.2 Å². The van der Waals surface area contributed by atoms with Gasteiger partial charge in [0.15, 0.2) is 9.84 Å². The molecule has 4 nitrogen and oxygen atoms in total. The Hall–Kier alpha value is -2.14. The van der Waals surface area contributed by atoms with Crippen LogP contribution in [-0.4, -0.2) is 20.6 Å². The van der Waals surface area contributed by atoms with E-state index in [0.717, 1.165) is 16.7 Å². The number of aryl methyl sites for hydroxylation is 2. The molecular weight excluding hydrogens is 310 g/mol. The Morgan fingerprint density at radius 3 is 2.35 bits per heavy atom. The number of carbonyl (C=O) groups excluding carboxylic acids is 1. The molecule has 1 N–H and O–H groups in total. The zero-order valence-electron chi connectivity index (χ0n) is 13.6. The molecule has 0 aromatic heterocycles. The Kier molecular flexibility index (Phi) is 5.21. The molecule has 0 atom stereocenters. The monoisotopic (exact) mass is 331 g/mol. The van der Waals surface area contributed by atoms with Crippen LogP contribution in [0.25, 0.3) is 0 Å². The number of carbonyl (C=O) groups is 1. The number of rotatable bonds is 5. The average molecular weight is 331 g/mol. The molecule has 5 heteroatoms. The van der Waals surface area contributed by atoms with Gasteiger partial charge in [-0.2, -0.15) is 0 Å². The van der Waals surface area contributed by atoms with E-state index in [4.69, 9.17) is 0 Å². The van der Waals surface area contributed by atoms with Crippen molar-refractivity contribution in [3.05, 3.63) is 64.7 Å². The van der Waals surface area contributed by atoms with E-state index >= 15 is 0 Å². The molecule has 0 fully saturated rings. The summed E-state index contributed by atoms with van der Waals surface area (Å²) in [6.45, 7) is 4.13. The van der Waals surface area contributed by atoms with Gasteiger partial charge in [-0.1, -0.05) is 36.4 Å². The predicted molar refractivity (Wildman–Crippen MR) is 91.0 cm³/mol. The van der Waals surface area contributed by atoms with Gasteiger partial charge in [-0.3, -0.25) is 4.79 Å². The second kappa shape index (κ2) is 6.96. The van der Waals surface area contributed by atoms with E-state index < -0.39 is 9.84 Å². The van der Waals surface area contributed by atoms with Gasteiger partial charge in [0.25, 0.3) is 0 Å². The Morgan fingerprint density at radius 1 is 1.04 bits per heavy atom. The molecule has 0 bridgehead atoms. The summed E-state index contributed by atoms with van der Waals surface area (Å²) in [6, 6.07) is 12.9. The van der Waals surface area contributed by atoms with E-state index in [1.807, 2.05) is 31.2 Å². The molecule has 1 amide bonds. The van der Waals surface area contributed by atoms with Gasteiger partial charge < -0.3 is 5.32 Å². The third-order valence-corrected chi connectivity index (χ3v) is 5.00. The van der Waals surface area contributed by atoms with E-state index in [1.165, 1.54) is 6.26 Å². The van der Waals surface area contributed by atoms with Gasteiger partial charge in [-0.05, 0) is 42.2 Å².